The number of aliphatic carboxylic acids is 1. The van der Waals surface area contributed by atoms with E-state index in [0.717, 1.165) is 12.8 Å². The van der Waals surface area contributed by atoms with Gasteiger partial charge in [0, 0.05) is 12.5 Å². The van der Waals surface area contributed by atoms with E-state index in [9.17, 15) is 19.1 Å². The van der Waals surface area contributed by atoms with Gasteiger partial charge in [0.2, 0.25) is 5.91 Å². The maximum atomic E-state index is 12.9. The summed E-state index contributed by atoms with van der Waals surface area (Å²) in [7, 11) is 0. The molecule has 4 nitrogen and oxygen atoms in total. The van der Waals surface area contributed by atoms with Gasteiger partial charge in [-0.1, -0.05) is 39.3 Å². The second-order valence-corrected chi connectivity index (χ2v) is 5.83. The Morgan fingerprint density at radius 2 is 1.82 bits per heavy atom. The normalized spacial score (nSPS) is 13.7. The van der Waals surface area contributed by atoms with Crippen LogP contribution in [0.4, 0.5) is 4.39 Å². The van der Waals surface area contributed by atoms with E-state index in [0.29, 0.717) is 5.56 Å². The number of hydrogen-bond donors (Lipinski definition) is 2. The lowest BCUT2D eigenvalue weighted by Crippen LogP contribution is -2.37. The van der Waals surface area contributed by atoms with Crippen molar-refractivity contribution in [3.63, 3.8) is 0 Å². The molecular weight excluding hydrogens is 285 g/mol. The Balaban J connectivity index is 2.74. The van der Waals surface area contributed by atoms with Crippen LogP contribution in [0.3, 0.4) is 0 Å². The molecule has 0 radical (unpaired) electrons. The summed E-state index contributed by atoms with van der Waals surface area (Å²) in [6.45, 7) is 5.98. The molecule has 0 fully saturated rings. The highest BCUT2D eigenvalue weighted by Crippen LogP contribution is 2.19. The third-order valence-electron chi connectivity index (χ3n) is 3.79. The minimum absolute atomic E-state index is 0.00668. The number of amides is 1. The molecule has 5 heteroatoms. The quantitative estimate of drug-likeness (QED) is 0.775. The van der Waals surface area contributed by atoms with Crippen LogP contribution in [0.1, 0.15) is 45.1 Å². The average Bonchev–Trinajstić information content (AvgIpc) is 2.45. The number of carboxylic acids is 1. The molecule has 0 aliphatic heterocycles. The van der Waals surface area contributed by atoms with Gasteiger partial charge in [-0.3, -0.25) is 9.59 Å². The van der Waals surface area contributed by atoms with Crippen LogP contribution in [0.5, 0.6) is 0 Å². The van der Waals surface area contributed by atoms with Crippen LogP contribution >= 0.6 is 0 Å². The SMILES string of the molecule is CCCC(C(=O)NCC(C(=O)O)c1ccc(F)cc1)C(C)C. The van der Waals surface area contributed by atoms with Crippen LogP contribution in [0.15, 0.2) is 24.3 Å². The van der Waals surface area contributed by atoms with Gasteiger partial charge in [0.1, 0.15) is 5.82 Å². The van der Waals surface area contributed by atoms with Crippen molar-refractivity contribution in [3.8, 4) is 0 Å². The van der Waals surface area contributed by atoms with Crippen LogP contribution in [0.2, 0.25) is 0 Å². The van der Waals surface area contributed by atoms with E-state index in [1.165, 1.54) is 24.3 Å². The number of benzene rings is 1. The summed E-state index contributed by atoms with van der Waals surface area (Å²) >= 11 is 0. The van der Waals surface area contributed by atoms with Gasteiger partial charge in [-0.2, -0.15) is 0 Å². The van der Waals surface area contributed by atoms with E-state index < -0.39 is 17.7 Å². The molecule has 122 valence electrons. The molecule has 2 atom stereocenters. The number of halogens is 1. The van der Waals surface area contributed by atoms with Gasteiger partial charge in [0.25, 0.3) is 0 Å². The number of nitrogens with one attached hydrogen (secondary N) is 1. The van der Waals surface area contributed by atoms with Crippen molar-refractivity contribution in [1.29, 1.82) is 0 Å². The minimum atomic E-state index is -1.04. The molecule has 0 saturated carbocycles. The second kappa shape index (κ2) is 8.51. The Kier molecular flexibility index (Phi) is 7.02. The fourth-order valence-electron chi connectivity index (χ4n) is 2.45. The molecule has 1 aromatic rings. The first-order valence-corrected chi connectivity index (χ1v) is 7.62. The molecule has 0 bridgehead atoms. The predicted molar refractivity (Wildman–Crippen MR) is 83.0 cm³/mol. The van der Waals surface area contributed by atoms with Crippen LogP contribution in [0.25, 0.3) is 0 Å². The molecular formula is C17H24FNO3. The van der Waals surface area contributed by atoms with Crippen molar-refractivity contribution in [2.75, 3.05) is 6.54 Å². The van der Waals surface area contributed by atoms with Gasteiger partial charge in [0.15, 0.2) is 0 Å². The standard InChI is InChI=1S/C17H24FNO3/c1-4-5-14(11(2)3)16(20)19-10-15(17(21)22)12-6-8-13(18)9-7-12/h6-9,11,14-15H,4-5,10H2,1-3H3,(H,19,20)(H,21,22). The summed E-state index contributed by atoms with van der Waals surface area (Å²) in [6.07, 6.45) is 1.67. The second-order valence-electron chi connectivity index (χ2n) is 5.83. The Morgan fingerprint density at radius 1 is 1.23 bits per heavy atom. The first-order valence-electron chi connectivity index (χ1n) is 7.62. The Hall–Kier alpha value is -1.91. The molecule has 2 unspecified atom stereocenters. The number of carboxylic acid groups (broad SMARTS) is 1. The molecule has 0 aromatic heterocycles. The Morgan fingerprint density at radius 3 is 2.27 bits per heavy atom. The summed E-state index contributed by atoms with van der Waals surface area (Å²) in [4.78, 5) is 23.6. The average molecular weight is 309 g/mol. The zero-order valence-electron chi connectivity index (χ0n) is 13.3. The third kappa shape index (κ3) is 5.13. The number of rotatable bonds is 8. The zero-order valence-corrected chi connectivity index (χ0v) is 13.3. The van der Waals surface area contributed by atoms with Crippen molar-refractivity contribution in [2.24, 2.45) is 11.8 Å². The van der Waals surface area contributed by atoms with E-state index in [1.54, 1.807) is 0 Å². The molecule has 0 aliphatic carbocycles. The third-order valence-corrected chi connectivity index (χ3v) is 3.79. The van der Waals surface area contributed by atoms with Crippen LogP contribution in [-0.2, 0) is 9.59 Å². The molecule has 2 N–H and O–H groups in total. The summed E-state index contributed by atoms with van der Waals surface area (Å²) in [5.74, 6) is -2.37. The lowest BCUT2D eigenvalue weighted by Gasteiger charge is -2.21. The maximum absolute atomic E-state index is 12.9. The van der Waals surface area contributed by atoms with Crippen LogP contribution in [0, 0.1) is 17.7 Å². The Labute approximate surface area is 130 Å². The van der Waals surface area contributed by atoms with Crippen LogP contribution in [-0.4, -0.2) is 23.5 Å². The molecule has 0 spiro atoms. The molecule has 0 saturated heterocycles. The number of hydrogen-bond acceptors (Lipinski definition) is 2. The zero-order chi connectivity index (χ0) is 16.7. The fourth-order valence-corrected chi connectivity index (χ4v) is 2.45. The maximum Gasteiger partial charge on any atom is 0.312 e. The molecule has 22 heavy (non-hydrogen) atoms. The van der Waals surface area contributed by atoms with Crippen molar-refractivity contribution >= 4 is 11.9 Å². The number of carbonyl (C=O) groups is 2. The minimum Gasteiger partial charge on any atom is -0.481 e. The first-order chi connectivity index (χ1) is 10.4. The fraction of sp³-hybridized carbons (Fsp3) is 0.529. The van der Waals surface area contributed by atoms with Gasteiger partial charge in [-0.05, 0) is 30.0 Å². The highest BCUT2D eigenvalue weighted by Gasteiger charge is 2.25. The molecule has 1 amide bonds. The monoisotopic (exact) mass is 309 g/mol. The largest absolute Gasteiger partial charge is 0.481 e. The smallest absolute Gasteiger partial charge is 0.312 e. The number of carbonyl (C=O) groups excluding carboxylic acids is 1. The highest BCUT2D eigenvalue weighted by atomic mass is 19.1. The molecule has 1 aromatic carbocycles. The van der Waals surface area contributed by atoms with Gasteiger partial charge in [-0.25, -0.2) is 4.39 Å². The molecule has 1 rings (SSSR count). The van der Waals surface area contributed by atoms with E-state index in [4.69, 9.17) is 0 Å². The molecule has 0 heterocycles. The molecule has 0 aliphatic rings. The Bertz CT molecular complexity index is 499. The summed E-state index contributed by atoms with van der Waals surface area (Å²) in [6, 6.07) is 5.32. The van der Waals surface area contributed by atoms with Crippen LogP contribution < -0.4 is 5.32 Å². The van der Waals surface area contributed by atoms with E-state index in [1.807, 2.05) is 20.8 Å². The summed E-state index contributed by atoms with van der Waals surface area (Å²) < 4.78 is 12.9. The first kappa shape index (κ1) is 18.1. The summed E-state index contributed by atoms with van der Waals surface area (Å²) in [5.41, 5.74) is 0.478. The highest BCUT2D eigenvalue weighted by molar-refractivity contribution is 5.81. The van der Waals surface area contributed by atoms with Gasteiger partial charge >= 0.3 is 5.97 Å². The topological polar surface area (TPSA) is 66.4 Å². The van der Waals surface area contributed by atoms with Gasteiger partial charge in [0.05, 0.1) is 5.92 Å². The van der Waals surface area contributed by atoms with E-state index in [2.05, 4.69) is 5.32 Å². The van der Waals surface area contributed by atoms with Crippen molar-refractivity contribution < 1.29 is 19.1 Å². The van der Waals surface area contributed by atoms with Crippen molar-refractivity contribution in [1.82, 2.24) is 5.32 Å². The lowest BCUT2D eigenvalue weighted by molar-refractivity contribution is -0.138. The van der Waals surface area contributed by atoms with E-state index in [-0.39, 0.29) is 24.3 Å². The lowest BCUT2D eigenvalue weighted by atomic mass is 9.90. The van der Waals surface area contributed by atoms with Crippen molar-refractivity contribution in [2.45, 2.75) is 39.5 Å². The summed E-state index contributed by atoms with van der Waals surface area (Å²) in [5, 5.41) is 12.0. The van der Waals surface area contributed by atoms with Crippen molar-refractivity contribution in [3.05, 3.63) is 35.6 Å². The predicted octanol–water partition coefficient (Wildman–Crippen LogP) is 3.18. The van der Waals surface area contributed by atoms with Gasteiger partial charge in [-0.15, -0.1) is 0 Å². The van der Waals surface area contributed by atoms with Gasteiger partial charge < -0.3 is 10.4 Å². The van der Waals surface area contributed by atoms with E-state index >= 15 is 0 Å².